The Morgan fingerprint density at radius 2 is 2.28 bits per heavy atom. The van der Waals surface area contributed by atoms with Crippen LogP contribution < -0.4 is 5.32 Å². The molecule has 0 aliphatic carbocycles. The molecule has 2 N–H and O–H groups in total. The summed E-state index contributed by atoms with van der Waals surface area (Å²) in [5, 5.41) is 11.9. The molecule has 0 fully saturated rings. The lowest BCUT2D eigenvalue weighted by Crippen LogP contribution is -2.18. The van der Waals surface area contributed by atoms with Crippen molar-refractivity contribution in [1.29, 1.82) is 0 Å². The summed E-state index contributed by atoms with van der Waals surface area (Å²) in [6, 6.07) is 6.48. The monoisotopic (exact) mass is 251 g/mol. The summed E-state index contributed by atoms with van der Waals surface area (Å²) >= 11 is 0. The van der Waals surface area contributed by atoms with Gasteiger partial charge in [0.15, 0.2) is 0 Å². The average Bonchev–Trinajstić information content (AvgIpc) is 2.33. The number of carboxylic acids is 1. The van der Waals surface area contributed by atoms with Crippen LogP contribution in [0.15, 0.2) is 35.9 Å². The number of aliphatic carboxylic acids is 1. The molecule has 4 heteroatoms. The van der Waals surface area contributed by atoms with Crippen LogP contribution in [-0.2, 0) is 11.2 Å². The summed E-state index contributed by atoms with van der Waals surface area (Å²) in [4.78, 5) is 10.7. The highest BCUT2D eigenvalue weighted by Crippen LogP contribution is 2.03. The van der Waals surface area contributed by atoms with E-state index in [1.165, 1.54) is 12.1 Å². The second-order valence-corrected chi connectivity index (χ2v) is 3.97. The summed E-state index contributed by atoms with van der Waals surface area (Å²) in [6.45, 7) is 3.02. The Morgan fingerprint density at radius 3 is 2.89 bits per heavy atom. The Bertz CT molecular complexity index is 430. The fourth-order valence-corrected chi connectivity index (χ4v) is 1.61. The van der Waals surface area contributed by atoms with E-state index < -0.39 is 5.97 Å². The van der Waals surface area contributed by atoms with Gasteiger partial charge in [-0.25, -0.2) is 9.18 Å². The van der Waals surface area contributed by atoms with Crippen LogP contribution in [0.2, 0.25) is 0 Å². The molecule has 1 aromatic carbocycles. The number of carbonyl (C=O) groups is 1. The van der Waals surface area contributed by atoms with E-state index >= 15 is 0 Å². The summed E-state index contributed by atoms with van der Waals surface area (Å²) in [5.41, 5.74) is 1.34. The van der Waals surface area contributed by atoms with Crippen LogP contribution in [-0.4, -0.2) is 24.2 Å². The molecule has 1 aromatic rings. The van der Waals surface area contributed by atoms with E-state index in [4.69, 9.17) is 5.11 Å². The maximum absolute atomic E-state index is 12.9. The molecule has 0 unspecified atom stereocenters. The van der Waals surface area contributed by atoms with Gasteiger partial charge in [-0.05, 0) is 37.1 Å². The fourth-order valence-electron chi connectivity index (χ4n) is 1.61. The van der Waals surface area contributed by atoms with Crippen molar-refractivity contribution in [3.05, 3.63) is 47.3 Å². The second kappa shape index (κ2) is 7.61. The van der Waals surface area contributed by atoms with Gasteiger partial charge in [-0.2, -0.15) is 0 Å². The van der Waals surface area contributed by atoms with E-state index in [1.807, 2.05) is 13.0 Å². The SMILES string of the molecule is CC/C(=C/CNCCc1cccc(F)c1)C(=O)O. The highest BCUT2D eigenvalue weighted by atomic mass is 19.1. The molecule has 0 bridgehead atoms. The fraction of sp³-hybridized carbons (Fsp3) is 0.357. The summed E-state index contributed by atoms with van der Waals surface area (Å²) in [7, 11) is 0. The van der Waals surface area contributed by atoms with E-state index in [0.717, 1.165) is 12.0 Å². The van der Waals surface area contributed by atoms with Crippen LogP contribution in [0.25, 0.3) is 0 Å². The molecule has 0 saturated heterocycles. The summed E-state index contributed by atoms with van der Waals surface area (Å²) in [6.07, 6.45) is 2.91. The number of rotatable bonds is 7. The zero-order valence-electron chi connectivity index (χ0n) is 10.4. The highest BCUT2D eigenvalue weighted by Gasteiger charge is 2.02. The first-order valence-electron chi connectivity index (χ1n) is 6.01. The predicted molar refractivity (Wildman–Crippen MR) is 69.0 cm³/mol. The minimum atomic E-state index is -0.871. The third-order valence-electron chi connectivity index (χ3n) is 2.63. The van der Waals surface area contributed by atoms with Crippen molar-refractivity contribution in [2.45, 2.75) is 19.8 Å². The van der Waals surface area contributed by atoms with Crippen molar-refractivity contribution in [1.82, 2.24) is 5.32 Å². The Balaban J connectivity index is 2.29. The number of nitrogens with one attached hydrogen (secondary N) is 1. The van der Waals surface area contributed by atoms with Crippen LogP contribution in [0.3, 0.4) is 0 Å². The quantitative estimate of drug-likeness (QED) is 0.578. The van der Waals surface area contributed by atoms with Crippen molar-refractivity contribution in [3.63, 3.8) is 0 Å². The van der Waals surface area contributed by atoms with Gasteiger partial charge in [0.1, 0.15) is 5.82 Å². The van der Waals surface area contributed by atoms with Gasteiger partial charge in [-0.3, -0.25) is 0 Å². The molecular weight excluding hydrogens is 233 g/mol. The Morgan fingerprint density at radius 1 is 1.50 bits per heavy atom. The molecule has 0 aromatic heterocycles. The molecule has 0 saturated carbocycles. The third kappa shape index (κ3) is 5.10. The number of carboxylic acid groups (broad SMARTS) is 1. The molecule has 0 radical (unpaired) electrons. The van der Waals surface area contributed by atoms with Gasteiger partial charge >= 0.3 is 5.97 Å². The molecule has 0 spiro atoms. The average molecular weight is 251 g/mol. The van der Waals surface area contributed by atoms with Gasteiger partial charge < -0.3 is 10.4 Å². The lowest BCUT2D eigenvalue weighted by Gasteiger charge is -2.03. The zero-order chi connectivity index (χ0) is 13.4. The summed E-state index contributed by atoms with van der Waals surface area (Å²) in [5.74, 6) is -1.10. The van der Waals surface area contributed by atoms with Gasteiger partial charge in [0.25, 0.3) is 0 Å². The maximum Gasteiger partial charge on any atom is 0.331 e. The predicted octanol–water partition coefficient (Wildman–Crippen LogP) is 2.38. The minimum Gasteiger partial charge on any atom is -0.478 e. The lowest BCUT2D eigenvalue weighted by atomic mass is 10.1. The zero-order valence-corrected chi connectivity index (χ0v) is 10.4. The van der Waals surface area contributed by atoms with Gasteiger partial charge in [0.05, 0.1) is 0 Å². The number of benzene rings is 1. The van der Waals surface area contributed by atoms with Gasteiger partial charge in [0.2, 0.25) is 0 Å². The topological polar surface area (TPSA) is 49.3 Å². The van der Waals surface area contributed by atoms with Crippen LogP contribution in [0, 0.1) is 5.82 Å². The maximum atomic E-state index is 12.9. The first-order chi connectivity index (χ1) is 8.63. The van der Waals surface area contributed by atoms with Gasteiger partial charge in [-0.15, -0.1) is 0 Å². The normalized spacial score (nSPS) is 11.6. The molecule has 98 valence electrons. The second-order valence-electron chi connectivity index (χ2n) is 3.97. The van der Waals surface area contributed by atoms with E-state index in [9.17, 15) is 9.18 Å². The van der Waals surface area contributed by atoms with Gasteiger partial charge in [-0.1, -0.05) is 25.1 Å². The van der Waals surface area contributed by atoms with Crippen molar-refractivity contribution in [2.24, 2.45) is 0 Å². The van der Waals surface area contributed by atoms with E-state index in [2.05, 4.69) is 5.32 Å². The molecule has 3 nitrogen and oxygen atoms in total. The number of hydrogen-bond donors (Lipinski definition) is 2. The molecule has 18 heavy (non-hydrogen) atoms. The first-order valence-corrected chi connectivity index (χ1v) is 6.01. The number of halogens is 1. The van der Waals surface area contributed by atoms with E-state index in [-0.39, 0.29) is 5.82 Å². The van der Waals surface area contributed by atoms with Crippen molar-refractivity contribution in [3.8, 4) is 0 Å². The van der Waals surface area contributed by atoms with Crippen LogP contribution in [0.4, 0.5) is 4.39 Å². The van der Waals surface area contributed by atoms with Gasteiger partial charge in [0, 0.05) is 12.1 Å². The molecule has 0 amide bonds. The molecule has 0 heterocycles. The molecule has 0 atom stereocenters. The smallest absolute Gasteiger partial charge is 0.331 e. The standard InChI is InChI=1S/C14H18FNO2/c1-2-12(14(17)18)7-9-16-8-6-11-4-3-5-13(15)10-11/h3-5,7,10,16H,2,6,8-9H2,1H3,(H,17,18)/b12-7-. The minimum absolute atomic E-state index is 0.230. The summed E-state index contributed by atoms with van der Waals surface area (Å²) < 4.78 is 12.9. The van der Waals surface area contributed by atoms with Crippen molar-refractivity contribution >= 4 is 5.97 Å². The molecule has 0 aliphatic heterocycles. The molecule has 1 rings (SSSR count). The molecular formula is C14H18FNO2. The van der Waals surface area contributed by atoms with Crippen molar-refractivity contribution < 1.29 is 14.3 Å². The number of hydrogen-bond acceptors (Lipinski definition) is 2. The Hall–Kier alpha value is -1.68. The first kappa shape index (κ1) is 14.4. The van der Waals surface area contributed by atoms with Crippen molar-refractivity contribution in [2.75, 3.05) is 13.1 Å². The molecule has 0 aliphatic rings. The Labute approximate surface area is 106 Å². The largest absolute Gasteiger partial charge is 0.478 e. The third-order valence-corrected chi connectivity index (χ3v) is 2.63. The van der Waals surface area contributed by atoms with Crippen LogP contribution in [0.5, 0.6) is 0 Å². The van der Waals surface area contributed by atoms with E-state index in [1.54, 1.807) is 12.1 Å². The lowest BCUT2D eigenvalue weighted by molar-refractivity contribution is -0.132. The van der Waals surface area contributed by atoms with E-state index in [0.29, 0.717) is 25.1 Å². The van der Waals surface area contributed by atoms with Crippen LogP contribution >= 0.6 is 0 Å². The van der Waals surface area contributed by atoms with Crippen LogP contribution in [0.1, 0.15) is 18.9 Å². The Kier molecular flexibility index (Phi) is 6.08. The highest BCUT2D eigenvalue weighted by molar-refractivity contribution is 5.86.